The lowest BCUT2D eigenvalue weighted by atomic mass is 9.94. The van der Waals surface area contributed by atoms with Crippen LogP contribution in [0.2, 0.25) is 0 Å². The van der Waals surface area contributed by atoms with Crippen molar-refractivity contribution in [3.05, 3.63) is 89.5 Å². The number of fused-ring (bicyclic) bond motifs is 1. The number of ether oxygens (including phenoxy) is 2. The Morgan fingerprint density at radius 2 is 1.48 bits per heavy atom. The molecule has 1 amide bonds. The average molecular weight is 412 g/mol. The number of nitrogens with one attached hydrogen (secondary N) is 1. The van der Waals surface area contributed by atoms with Crippen LogP contribution >= 0.6 is 0 Å². The van der Waals surface area contributed by atoms with Crippen LogP contribution in [-0.4, -0.2) is 20.1 Å². The highest BCUT2D eigenvalue weighted by Gasteiger charge is 2.15. The molecule has 0 unspecified atom stereocenters. The molecule has 4 rings (SSSR count). The predicted molar refractivity (Wildman–Crippen MR) is 126 cm³/mol. The summed E-state index contributed by atoms with van der Waals surface area (Å²) in [4.78, 5) is 13.1. The molecular weight excluding hydrogens is 386 g/mol. The van der Waals surface area contributed by atoms with E-state index in [2.05, 4.69) is 36.5 Å². The minimum Gasteiger partial charge on any atom is -0.493 e. The molecule has 0 heterocycles. The lowest BCUT2D eigenvalue weighted by Gasteiger charge is -2.15. The molecule has 0 aliphatic heterocycles. The molecule has 0 aliphatic rings. The molecule has 31 heavy (non-hydrogen) atoms. The Morgan fingerprint density at radius 1 is 0.774 bits per heavy atom. The highest BCUT2D eigenvalue weighted by molar-refractivity contribution is 6.10. The smallest absolute Gasteiger partial charge is 0.255 e. The molecule has 0 bridgehead atoms. The maximum atomic E-state index is 13.1. The van der Waals surface area contributed by atoms with Crippen LogP contribution in [0, 0.1) is 13.8 Å². The zero-order valence-electron chi connectivity index (χ0n) is 18.2. The summed E-state index contributed by atoms with van der Waals surface area (Å²) in [7, 11) is 3.23. The van der Waals surface area contributed by atoms with Gasteiger partial charge in [0.05, 0.1) is 14.2 Å². The number of carbonyl (C=O) groups is 1. The second kappa shape index (κ2) is 8.52. The maximum absolute atomic E-state index is 13.1. The van der Waals surface area contributed by atoms with Crippen molar-refractivity contribution in [2.24, 2.45) is 0 Å². The van der Waals surface area contributed by atoms with Crippen molar-refractivity contribution in [2.45, 2.75) is 13.8 Å². The van der Waals surface area contributed by atoms with Gasteiger partial charge in [0, 0.05) is 11.3 Å². The van der Waals surface area contributed by atoms with Crippen molar-refractivity contribution < 1.29 is 14.3 Å². The molecule has 0 saturated carbocycles. The zero-order valence-corrected chi connectivity index (χ0v) is 18.2. The summed E-state index contributed by atoms with van der Waals surface area (Å²) in [5.41, 5.74) is 5.63. The van der Waals surface area contributed by atoms with Crippen LogP contribution in [0.4, 0.5) is 5.69 Å². The molecule has 0 aliphatic carbocycles. The molecule has 0 spiro atoms. The fraction of sp³-hybridized carbons (Fsp3) is 0.148. The Morgan fingerprint density at radius 3 is 2.16 bits per heavy atom. The van der Waals surface area contributed by atoms with Gasteiger partial charge in [0.25, 0.3) is 5.91 Å². The Bertz CT molecular complexity index is 1260. The van der Waals surface area contributed by atoms with Crippen molar-refractivity contribution in [3.63, 3.8) is 0 Å². The van der Waals surface area contributed by atoms with E-state index in [0.717, 1.165) is 33.2 Å². The van der Waals surface area contributed by atoms with Gasteiger partial charge in [-0.1, -0.05) is 42.0 Å². The third-order valence-electron chi connectivity index (χ3n) is 5.36. The molecule has 4 heteroatoms. The van der Waals surface area contributed by atoms with Crippen molar-refractivity contribution in [3.8, 4) is 22.6 Å². The summed E-state index contributed by atoms with van der Waals surface area (Å²) in [6.07, 6.45) is 0. The van der Waals surface area contributed by atoms with Gasteiger partial charge in [-0.3, -0.25) is 4.79 Å². The molecule has 0 radical (unpaired) electrons. The van der Waals surface area contributed by atoms with E-state index in [9.17, 15) is 4.79 Å². The fourth-order valence-corrected chi connectivity index (χ4v) is 3.72. The van der Waals surface area contributed by atoms with Gasteiger partial charge in [-0.05, 0) is 77.7 Å². The number of benzene rings is 4. The summed E-state index contributed by atoms with van der Waals surface area (Å²) in [5, 5.41) is 4.91. The minimum absolute atomic E-state index is 0.157. The van der Waals surface area contributed by atoms with Crippen molar-refractivity contribution in [1.82, 2.24) is 0 Å². The van der Waals surface area contributed by atoms with Crippen LogP contribution in [0.3, 0.4) is 0 Å². The van der Waals surface area contributed by atoms with Crippen LogP contribution < -0.4 is 14.8 Å². The van der Waals surface area contributed by atoms with Gasteiger partial charge in [-0.15, -0.1) is 0 Å². The zero-order chi connectivity index (χ0) is 22.0. The second-order valence-electron chi connectivity index (χ2n) is 7.64. The Kier molecular flexibility index (Phi) is 5.63. The maximum Gasteiger partial charge on any atom is 0.255 e. The van der Waals surface area contributed by atoms with Gasteiger partial charge in [-0.2, -0.15) is 0 Å². The number of anilines is 1. The number of amides is 1. The first-order chi connectivity index (χ1) is 15.0. The van der Waals surface area contributed by atoms with Crippen LogP contribution in [-0.2, 0) is 0 Å². The third kappa shape index (κ3) is 4.24. The summed E-state index contributed by atoms with van der Waals surface area (Å²) in [5.74, 6) is 1.12. The van der Waals surface area contributed by atoms with Gasteiger partial charge in [-0.25, -0.2) is 0 Å². The molecule has 1 N–H and O–H groups in total. The number of rotatable bonds is 5. The SMILES string of the molecule is COc1cc2cc(C(=O)Nc3cccc(C)c3)cc(-c3ccc(C)cc3)c2cc1OC. The quantitative estimate of drug-likeness (QED) is 0.414. The van der Waals surface area contributed by atoms with Crippen LogP contribution in [0.5, 0.6) is 11.5 Å². The Balaban J connectivity index is 1.87. The highest BCUT2D eigenvalue weighted by Crippen LogP contribution is 2.38. The Labute approximate surface area is 182 Å². The summed E-state index contributed by atoms with van der Waals surface area (Å²) >= 11 is 0. The molecule has 0 atom stereocenters. The largest absolute Gasteiger partial charge is 0.493 e. The first-order valence-electron chi connectivity index (χ1n) is 10.1. The molecule has 4 aromatic rings. The highest BCUT2D eigenvalue weighted by atomic mass is 16.5. The number of methoxy groups -OCH3 is 2. The lowest BCUT2D eigenvalue weighted by molar-refractivity contribution is 0.102. The molecule has 0 aromatic heterocycles. The molecule has 156 valence electrons. The van der Waals surface area contributed by atoms with E-state index in [-0.39, 0.29) is 5.91 Å². The number of aryl methyl sites for hydroxylation is 2. The molecule has 4 nitrogen and oxygen atoms in total. The van der Waals surface area contributed by atoms with Crippen molar-refractivity contribution in [1.29, 1.82) is 0 Å². The van der Waals surface area contributed by atoms with E-state index in [4.69, 9.17) is 9.47 Å². The first kappa shape index (κ1) is 20.5. The first-order valence-corrected chi connectivity index (χ1v) is 10.1. The predicted octanol–water partition coefficient (Wildman–Crippen LogP) is 6.39. The van der Waals surface area contributed by atoms with E-state index in [1.165, 1.54) is 5.56 Å². The van der Waals surface area contributed by atoms with Crippen LogP contribution in [0.1, 0.15) is 21.5 Å². The van der Waals surface area contributed by atoms with Crippen molar-refractivity contribution in [2.75, 3.05) is 19.5 Å². The summed E-state index contributed by atoms with van der Waals surface area (Å²) < 4.78 is 11.0. The van der Waals surface area contributed by atoms with E-state index in [1.54, 1.807) is 14.2 Å². The Hall–Kier alpha value is -3.79. The molecule has 0 fully saturated rings. The fourth-order valence-electron chi connectivity index (χ4n) is 3.72. The normalized spacial score (nSPS) is 10.7. The summed E-state index contributed by atoms with van der Waals surface area (Å²) in [6.45, 7) is 4.06. The minimum atomic E-state index is -0.157. The van der Waals surface area contributed by atoms with Gasteiger partial charge in [0.15, 0.2) is 11.5 Å². The van der Waals surface area contributed by atoms with E-state index < -0.39 is 0 Å². The van der Waals surface area contributed by atoms with Gasteiger partial charge in [0.2, 0.25) is 0 Å². The van der Waals surface area contributed by atoms with Crippen LogP contribution in [0.15, 0.2) is 72.8 Å². The van der Waals surface area contributed by atoms with E-state index >= 15 is 0 Å². The lowest BCUT2D eigenvalue weighted by Crippen LogP contribution is -2.12. The van der Waals surface area contributed by atoms with Crippen molar-refractivity contribution >= 4 is 22.4 Å². The van der Waals surface area contributed by atoms with Gasteiger partial charge in [0.1, 0.15) is 0 Å². The molecular formula is C27H25NO3. The third-order valence-corrected chi connectivity index (χ3v) is 5.36. The topological polar surface area (TPSA) is 47.6 Å². The number of carbonyl (C=O) groups excluding carboxylic acids is 1. The second-order valence-corrected chi connectivity index (χ2v) is 7.64. The van der Waals surface area contributed by atoms with Crippen LogP contribution in [0.25, 0.3) is 21.9 Å². The van der Waals surface area contributed by atoms with E-state index in [1.807, 2.05) is 55.5 Å². The number of hydrogen-bond donors (Lipinski definition) is 1. The number of hydrogen-bond acceptors (Lipinski definition) is 3. The molecule has 0 saturated heterocycles. The van der Waals surface area contributed by atoms with E-state index in [0.29, 0.717) is 17.1 Å². The molecule has 4 aromatic carbocycles. The average Bonchev–Trinajstić information content (AvgIpc) is 2.78. The van der Waals surface area contributed by atoms with Gasteiger partial charge >= 0.3 is 0 Å². The summed E-state index contributed by atoms with van der Waals surface area (Å²) in [6, 6.07) is 23.8. The van der Waals surface area contributed by atoms with Gasteiger partial charge < -0.3 is 14.8 Å². The standard InChI is InChI=1S/C27H25NO3/c1-17-8-10-19(11-9-17)23-14-21(27(29)28-22-7-5-6-18(2)12-22)13-20-15-25(30-3)26(31-4)16-24(20)23/h5-16H,1-4H3,(H,28,29). The monoisotopic (exact) mass is 411 g/mol.